The highest BCUT2D eigenvalue weighted by atomic mass is 16.1. The zero-order valence-corrected chi connectivity index (χ0v) is 10.1. The summed E-state index contributed by atoms with van der Waals surface area (Å²) >= 11 is 0. The van der Waals surface area contributed by atoms with Crippen LogP contribution in [0.4, 0.5) is 5.82 Å². The molecule has 0 radical (unpaired) electrons. The van der Waals surface area contributed by atoms with Crippen molar-refractivity contribution in [3.05, 3.63) is 54.0 Å². The maximum Gasteiger partial charge on any atom is 0.256 e. The molecule has 2 aromatic heterocycles. The second-order valence-corrected chi connectivity index (χ2v) is 3.60. The number of nitrogens with zero attached hydrogens (tertiary/aromatic N) is 2. The maximum absolute atomic E-state index is 11.9. The molecule has 2 aromatic rings. The van der Waals surface area contributed by atoms with Crippen LogP contribution in [0.2, 0.25) is 0 Å². The Morgan fingerprint density at radius 2 is 2.05 bits per heavy atom. The Kier molecular flexibility index (Phi) is 4.21. The van der Waals surface area contributed by atoms with Gasteiger partial charge < -0.3 is 11.1 Å². The molecule has 0 unspecified atom stereocenters. The van der Waals surface area contributed by atoms with Crippen LogP contribution in [0, 0.1) is 11.8 Å². The lowest BCUT2D eigenvalue weighted by atomic mass is 10.2. The van der Waals surface area contributed by atoms with E-state index in [2.05, 4.69) is 27.1 Å². The minimum Gasteiger partial charge on any atom is -0.320 e. The first kappa shape index (κ1) is 12.7. The van der Waals surface area contributed by atoms with Gasteiger partial charge in [0.25, 0.3) is 5.91 Å². The van der Waals surface area contributed by atoms with E-state index in [4.69, 9.17) is 5.73 Å². The molecule has 2 heterocycles. The second kappa shape index (κ2) is 6.28. The minimum atomic E-state index is -0.237. The van der Waals surface area contributed by atoms with Gasteiger partial charge in [-0.3, -0.25) is 9.78 Å². The van der Waals surface area contributed by atoms with Crippen molar-refractivity contribution in [2.45, 2.75) is 0 Å². The fourth-order valence-corrected chi connectivity index (χ4v) is 1.41. The van der Waals surface area contributed by atoms with Gasteiger partial charge in [0.2, 0.25) is 0 Å². The van der Waals surface area contributed by atoms with Gasteiger partial charge in [0.05, 0.1) is 6.54 Å². The average Bonchev–Trinajstić information content (AvgIpc) is 2.46. The van der Waals surface area contributed by atoms with Crippen molar-refractivity contribution in [3.63, 3.8) is 0 Å². The first-order chi connectivity index (χ1) is 9.29. The molecule has 0 atom stereocenters. The molecule has 1 amide bonds. The van der Waals surface area contributed by atoms with Gasteiger partial charge in [-0.1, -0.05) is 12.0 Å². The van der Waals surface area contributed by atoms with E-state index in [9.17, 15) is 4.79 Å². The Bertz CT molecular complexity index is 629. The number of nitrogens with one attached hydrogen (secondary N) is 1. The van der Waals surface area contributed by atoms with Crippen molar-refractivity contribution in [1.82, 2.24) is 9.97 Å². The van der Waals surface area contributed by atoms with Crippen LogP contribution in [0.15, 0.2) is 42.7 Å². The Morgan fingerprint density at radius 1 is 1.26 bits per heavy atom. The van der Waals surface area contributed by atoms with E-state index in [1.807, 2.05) is 0 Å². The molecule has 0 saturated heterocycles. The quantitative estimate of drug-likeness (QED) is 0.782. The molecule has 0 bridgehead atoms. The number of pyridine rings is 2. The lowest BCUT2D eigenvalue weighted by Crippen LogP contribution is -2.13. The van der Waals surface area contributed by atoms with Crippen molar-refractivity contribution in [3.8, 4) is 11.8 Å². The summed E-state index contributed by atoms with van der Waals surface area (Å²) in [6.07, 6.45) is 3.12. The number of hydrogen-bond donors (Lipinski definition) is 2. The molecular weight excluding hydrogens is 240 g/mol. The fourth-order valence-electron chi connectivity index (χ4n) is 1.41. The molecule has 19 heavy (non-hydrogen) atoms. The fraction of sp³-hybridized carbons (Fsp3) is 0.0714. The largest absolute Gasteiger partial charge is 0.320 e. The molecule has 0 saturated carbocycles. The summed E-state index contributed by atoms with van der Waals surface area (Å²) in [6, 6.07) is 8.49. The predicted octanol–water partition coefficient (Wildman–Crippen LogP) is 1.04. The molecule has 0 aliphatic rings. The third-order valence-corrected chi connectivity index (χ3v) is 2.25. The predicted molar refractivity (Wildman–Crippen MR) is 72.4 cm³/mol. The molecule has 0 aliphatic heterocycles. The van der Waals surface area contributed by atoms with Crippen molar-refractivity contribution >= 4 is 11.7 Å². The number of nitrogens with two attached hydrogens (primary N) is 1. The van der Waals surface area contributed by atoms with Gasteiger partial charge in [0, 0.05) is 18.0 Å². The first-order valence-electron chi connectivity index (χ1n) is 5.67. The average molecular weight is 252 g/mol. The number of amides is 1. The summed E-state index contributed by atoms with van der Waals surface area (Å²) in [5, 5.41) is 2.70. The SMILES string of the molecule is NCC#Cc1cccc(NC(=O)c2ccncc2)n1. The normalized spacial score (nSPS) is 9.32. The first-order valence-corrected chi connectivity index (χ1v) is 5.67. The van der Waals surface area contributed by atoms with Crippen molar-refractivity contribution < 1.29 is 4.79 Å². The highest BCUT2D eigenvalue weighted by molar-refractivity contribution is 6.03. The van der Waals surface area contributed by atoms with E-state index >= 15 is 0 Å². The number of hydrogen-bond acceptors (Lipinski definition) is 4. The summed E-state index contributed by atoms with van der Waals surface area (Å²) in [5.74, 6) is 5.73. The summed E-state index contributed by atoms with van der Waals surface area (Å²) in [4.78, 5) is 20.0. The summed E-state index contributed by atoms with van der Waals surface area (Å²) in [5.41, 5.74) is 6.39. The Morgan fingerprint density at radius 3 is 2.79 bits per heavy atom. The van der Waals surface area contributed by atoms with Crippen molar-refractivity contribution in [1.29, 1.82) is 0 Å². The molecule has 94 valence electrons. The van der Waals surface area contributed by atoms with Gasteiger partial charge in [-0.2, -0.15) is 0 Å². The standard InChI is InChI=1S/C14H12N4O/c15-8-2-4-12-3-1-5-13(17-12)18-14(19)11-6-9-16-10-7-11/h1,3,5-7,9-10H,8,15H2,(H,17,18,19). The van der Waals surface area contributed by atoms with Crippen LogP contribution >= 0.6 is 0 Å². The van der Waals surface area contributed by atoms with E-state index in [0.717, 1.165) is 0 Å². The van der Waals surface area contributed by atoms with Crippen molar-refractivity contribution in [2.75, 3.05) is 11.9 Å². The minimum absolute atomic E-state index is 0.237. The molecule has 5 heteroatoms. The van der Waals surface area contributed by atoms with Crippen LogP contribution in [-0.2, 0) is 0 Å². The van der Waals surface area contributed by atoms with Gasteiger partial charge in [0.15, 0.2) is 0 Å². The zero-order valence-electron chi connectivity index (χ0n) is 10.1. The van der Waals surface area contributed by atoms with Gasteiger partial charge in [-0.05, 0) is 30.2 Å². The number of rotatable bonds is 2. The van der Waals surface area contributed by atoms with Gasteiger partial charge in [-0.25, -0.2) is 4.98 Å². The van der Waals surface area contributed by atoms with Crippen LogP contribution in [0.25, 0.3) is 0 Å². The summed E-state index contributed by atoms with van der Waals surface area (Å²) < 4.78 is 0. The molecule has 3 N–H and O–H groups in total. The number of anilines is 1. The Hall–Kier alpha value is -2.71. The topological polar surface area (TPSA) is 80.9 Å². The lowest BCUT2D eigenvalue weighted by molar-refractivity contribution is 0.102. The summed E-state index contributed by atoms with van der Waals surface area (Å²) in [6.45, 7) is 0.273. The smallest absolute Gasteiger partial charge is 0.256 e. The lowest BCUT2D eigenvalue weighted by Gasteiger charge is -2.04. The van der Waals surface area contributed by atoms with Crippen LogP contribution in [0.1, 0.15) is 16.1 Å². The van der Waals surface area contributed by atoms with E-state index in [-0.39, 0.29) is 12.5 Å². The van der Waals surface area contributed by atoms with Crippen LogP contribution in [0.3, 0.4) is 0 Å². The molecular formula is C14H12N4O. The van der Waals surface area contributed by atoms with Crippen LogP contribution in [-0.4, -0.2) is 22.4 Å². The third-order valence-electron chi connectivity index (χ3n) is 2.25. The number of carbonyl (C=O) groups excluding carboxylic acids is 1. The Balaban J connectivity index is 2.13. The van der Waals surface area contributed by atoms with Gasteiger partial charge >= 0.3 is 0 Å². The Labute approximate surface area is 110 Å². The molecule has 0 spiro atoms. The number of aromatic nitrogens is 2. The van der Waals surface area contributed by atoms with Gasteiger partial charge in [0.1, 0.15) is 11.5 Å². The zero-order chi connectivity index (χ0) is 13.5. The van der Waals surface area contributed by atoms with Crippen molar-refractivity contribution in [2.24, 2.45) is 5.73 Å². The maximum atomic E-state index is 11.9. The van der Waals surface area contributed by atoms with E-state index in [0.29, 0.717) is 17.1 Å². The van der Waals surface area contributed by atoms with Gasteiger partial charge in [-0.15, -0.1) is 0 Å². The van der Waals surface area contributed by atoms with E-state index in [1.54, 1.807) is 42.7 Å². The summed E-state index contributed by atoms with van der Waals surface area (Å²) in [7, 11) is 0. The molecule has 0 fully saturated rings. The number of carbonyl (C=O) groups is 1. The van der Waals surface area contributed by atoms with Crippen LogP contribution < -0.4 is 11.1 Å². The van der Waals surface area contributed by atoms with E-state index in [1.165, 1.54) is 0 Å². The second-order valence-electron chi connectivity index (χ2n) is 3.60. The third kappa shape index (κ3) is 3.63. The van der Waals surface area contributed by atoms with E-state index < -0.39 is 0 Å². The molecule has 5 nitrogen and oxygen atoms in total. The highest BCUT2D eigenvalue weighted by Crippen LogP contribution is 2.06. The molecule has 2 rings (SSSR count). The highest BCUT2D eigenvalue weighted by Gasteiger charge is 2.05. The molecule has 0 aromatic carbocycles. The molecule has 0 aliphatic carbocycles. The van der Waals surface area contributed by atoms with Crippen LogP contribution in [0.5, 0.6) is 0 Å². The monoisotopic (exact) mass is 252 g/mol.